The first-order valence-corrected chi connectivity index (χ1v) is 4.99. The number of nitro groups is 1. The molecular formula is C11H12FNO5. The zero-order valence-electron chi connectivity index (χ0n) is 10.1. The van der Waals surface area contributed by atoms with Gasteiger partial charge in [0.2, 0.25) is 5.82 Å². The van der Waals surface area contributed by atoms with Crippen LogP contribution >= 0.6 is 0 Å². The molecular weight excluding hydrogens is 245 g/mol. The standard InChI is InChI=1S/C11H12FNO5/c1-11(2,10(14)17-3)18-7-4-5-8(12)9(6-7)13(15)16/h4-6H,1-3H3. The number of ether oxygens (including phenoxy) is 2. The second-order valence-electron chi connectivity index (χ2n) is 3.97. The van der Waals surface area contributed by atoms with E-state index in [9.17, 15) is 19.3 Å². The van der Waals surface area contributed by atoms with E-state index in [0.717, 1.165) is 12.1 Å². The maximum absolute atomic E-state index is 13.1. The molecule has 0 saturated heterocycles. The van der Waals surface area contributed by atoms with Gasteiger partial charge in [0, 0.05) is 0 Å². The number of halogens is 1. The van der Waals surface area contributed by atoms with Crippen LogP contribution in [-0.4, -0.2) is 23.6 Å². The van der Waals surface area contributed by atoms with Gasteiger partial charge in [0.25, 0.3) is 0 Å². The fourth-order valence-electron chi connectivity index (χ4n) is 1.28. The molecule has 0 fully saturated rings. The van der Waals surface area contributed by atoms with Crippen LogP contribution < -0.4 is 4.74 Å². The minimum Gasteiger partial charge on any atom is -0.476 e. The second-order valence-corrected chi connectivity index (χ2v) is 3.97. The average Bonchev–Trinajstić information content (AvgIpc) is 2.29. The Hall–Kier alpha value is -2.18. The summed E-state index contributed by atoms with van der Waals surface area (Å²) >= 11 is 0. The van der Waals surface area contributed by atoms with E-state index in [1.807, 2.05) is 0 Å². The molecule has 0 heterocycles. The van der Waals surface area contributed by atoms with E-state index in [1.54, 1.807) is 0 Å². The molecule has 6 nitrogen and oxygen atoms in total. The largest absolute Gasteiger partial charge is 0.476 e. The van der Waals surface area contributed by atoms with E-state index in [2.05, 4.69) is 4.74 Å². The van der Waals surface area contributed by atoms with Crippen LogP contribution in [0.3, 0.4) is 0 Å². The third-order valence-corrected chi connectivity index (χ3v) is 2.16. The lowest BCUT2D eigenvalue weighted by atomic mass is 10.1. The third kappa shape index (κ3) is 2.93. The molecule has 0 amide bonds. The first-order chi connectivity index (χ1) is 8.27. The van der Waals surface area contributed by atoms with Gasteiger partial charge < -0.3 is 9.47 Å². The highest BCUT2D eigenvalue weighted by Crippen LogP contribution is 2.26. The van der Waals surface area contributed by atoms with Crippen molar-refractivity contribution in [3.05, 3.63) is 34.1 Å². The molecule has 0 aliphatic carbocycles. The maximum Gasteiger partial charge on any atom is 0.349 e. The Bertz CT molecular complexity index is 486. The number of hydrogen-bond acceptors (Lipinski definition) is 5. The van der Waals surface area contributed by atoms with E-state index >= 15 is 0 Å². The van der Waals surface area contributed by atoms with Crippen LogP contribution in [0.15, 0.2) is 18.2 Å². The van der Waals surface area contributed by atoms with Crippen molar-refractivity contribution in [1.29, 1.82) is 0 Å². The molecule has 0 spiro atoms. The molecule has 1 aromatic carbocycles. The molecule has 1 rings (SSSR count). The number of nitro benzene ring substituents is 1. The summed E-state index contributed by atoms with van der Waals surface area (Å²) < 4.78 is 22.9. The van der Waals surface area contributed by atoms with Gasteiger partial charge in [0.15, 0.2) is 5.60 Å². The highest BCUT2D eigenvalue weighted by Gasteiger charge is 2.31. The van der Waals surface area contributed by atoms with E-state index in [4.69, 9.17) is 4.74 Å². The fraction of sp³-hybridized carbons (Fsp3) is 0.364. The summed E-state index contributed by atoms with van der Waals surface area (Å²) in [7, 11) is 1.19. The normalized spacial score (nSPS) is 10.9. The Morgan fingerprint density at radius 1 is 1.44 bits per heavy atom. The van der Waals surface area contributed by atoms with Crippen LogP contribution in [0.4, 0.5) is 10.1 Å². The van der Waals surface area contributed by atoms with Crippen molar-refractivity contribution in [3.8, 4) is 5.75 Å². The number of hydrogen-bond donors (Lipinski definition) is 0. The zero-order chi connectivity index (χ0) is 13.9. The Morgan fingerprint density at radius 3 is 2.56 bits per heavy atom. The number of nitrogens with zero attached hydrogens (tertiary/aromatic N) is 1. The summed E-state index contributed by atoms with van der Waals surface area (Å²) in [6, 6.07) is 3.02. The summed E-state index contributed by atoms with van der Waals surface area (Å²) in [4.78, 5) is 21.0. The quantitative estimate of drug-likeness (QED) is 0.468. The maximum atomic E-state index is 13.1. The first-order valence-electron chi connectivity index (χ1n) is 4.99. The van der Waals surface area contributed by atoms with Crippen molar-refractivity contribution >= 4 is 11.7 Å². The lowest BCUT2D eigenvalue weighted by molar-refractivity contribution is -0.387. The average molecular weight is 257 g/mol. The lowest BCUT2D eigenvalue weighted by Crippen LogP contribution is -2.39. The summed E-state index contributed by atoms with van der Waals surface area (Å²) in [6.07, 6.45) is 0. The number of carbonyl (C=O) groups is 1. The molecule has 0 radical (unpaired) electrons. The third-order valence-electron chi connectivity index (χ3n) is 2.16. The predicted molar refractivity (Wildman–Crippen MR) is 59.8 cm³/mol. The van der Waals surface area contributed by atoms with Crippen molar-refractivity contribution in [3.63, 3.8) is 0 Å². The molecule has 0 aliphatic rings. The number of methoxy groups -OCH3 is 1. The predicted octanol–water partition coefficient (Wildman–Crippen LogP) is 2.06. The Kier molecular flexibility index (Phi) is 3.85. The van der Waals surface area contributed by atoms with Gasteiger partial charge >= 0.3 is 11.7 Å². The Labute approximate surface area is 102 Å². The van der Waals surface area contributed by atoms with Crippen LogP contribution in [0, 0.1) is 15.9 Å². The van der Waals surface area contributed by atoms with Crippen LogP contribution in [-0.2, 0) is 9.53 Å². The van der Waals surface area contributed by atoms with Crippen molar-refractivity contribution in [2.24, 2.45) is 0 Å². The molecule has 0 saturated carbocycles. The topological polar surface area (TPSA) is 78.7 Å². The molecule has 0 unspecified atom stereocenters. The van der Waals surface area contributed by atoms with E-state index < -0.39 is 28.0 Å². The minimum atomic E-state index is -1.32. The minimum absolute atomic E-state index is 0.0125. The van der Waals surface area contributed by atoms with Gasteiger partial charge in [0.1, 0.15) is 5.75 Å². The Morgan fingerprint density at radius 2 is 2.06 bits per heavy atom. The molecule has 0 bridgehead atoms. The van der Waals surface area contributed by atoms with E-state index in [0.29, 0.717) is 0 Å². The smallest absolute Gasteiger partial charge is 0.349 e. The van der Waals surface area contributed by atoms with Gasteiger partial charge in [-0.15, -0.1) is 0 Å². The van der Waals surface area contributed by atoms with Crippen LogP contribution in [0.5, 0.6) is 5.75 Å². The Balaban J connectivity index is 3.02. The SMILES string of the molecule is COC(=O)C(C)(C)Oc1ccc(F)c([N+](=O)[O-])c1. The lowest BCUT2D eigenvalue weighted by Gasteiger charge is -2.23. The second kappa shape index (κ2) is 4.99. The highest BCUT2D eigenvalue weighted by atomic mass is 19.1. The summed E-state index contributed by atoms with van der Waals surface area (Å²) in [5.41, 5.74) is -2.03. The number of benzene rings is 1. The number of esters is 1. The van der Waals surface area contributed by atoms with Gasteiger partial charge in [-0.2, -0.15) is 4.39 Å². The zero-order valence-corrected chi connectivity index (χ0v) is 10.1. The highest BCUT2D eigenvalue weighted by molar-refractivity contribution is 5.78. The van der Waals surface area contributed by atoms with Gasteiger partial charge in [-0.25, -0.2) is 4.79 Å². The van der Waals surface area contributed by atoms with Gasteiger partial charge in [-0.05, 0) is 26.0 Å². The molecule has 18 heavy (non-hydrogen) atoms. The molecule has 0 aromatic heterocycles. The summed E-state index contributed by atoms with van der Waals surface area (Å²) in [5, 5.41) is 10.5. The summed E-state index contributed by atoms with van der Waals surface area (Å²) in [5.74, 6) is -1.60. The van der Waals surface area contributed by atoms with Gasteiger partial charge in [-0.1, -0.05) is 0 Å². The van der Waals surface area contributed by atoms with Gasteiger partial charge in [0.05, 0.1) is 18.1 Å². The van der Waals surface area contributed by atoms with Crippen molar-refractivity contribution in [2.75, 3.05) is 7.11 Å². The van der Waals surface area contributed by atoms with E-state index in [-0.39, 0.29) is 5.75 Å². The molecule has 0 atom stereocenters. The van der Waals surface area contributed by atoms with Crippen LogP contribution in [0.2, 0.25) is 0 Å². The van der Waals surface area contributed by atoms with Gasteiger partial charge in [-0.3, -0.25) is 10.1 Å². The first kappa shape index (κ1) is 13.9. The van der Waals surface area contributed by atoms with Crippen LogP contribution in [0.25, 0.3) is 0 Å². The summed E-state index contributed by atoms with van der Waals surface area (Å²) in [6.45, 7) is 2.88. The van der Waals surface area contributed by atoms with E-state index in [1.165, 1.54) is 27.0 Å². The molecule has 1 aromatic rings. The molecule has 98 valence electrons. The molecule has 0 N–H and O–H groups in total. The number of carbonyl (C=O) groups excluding carboxylic acids is 1. The van der Waals surface area contributed by atoms with Crippen molar-refractivity contribution in [2.45, 2.75) is 19.4 Å². The van der Waals surface area contributed by atoms with Crippen molar-refractivity contribution < 1.29 is 23.6 Å². The van der Waals surface area contributed by atoms with Crippen LogP contribution in [0.1, 0.15) is 13.8 Å². The molecule has 0 aliphatic heterocycles. The van der Waals surface area contributed by atoms with Crippen molar-refractivity contribution in [1.82, 2.24) is 0 Å². The monoisotopic (exact) mass is 257 g/mol. The fourth-order valence-corrected chi connectivity index (χ4v) is 1.28. The molecule has 7 heteroatoms. The number of rotatable bonds is 4.